The van der Waals surface area contributed by atoms with Crippen LogP contribution in [-0.4, -0.2) is 19.2 Å². The van der Waals surface area contributed by atoms with Gasteiger partial charge >= 0.3 is 5.97 Å². The molecule has 0 radical (unpaired) electrons. The molecule has 0 spiro atoms. The molecule has 5 heteroatoms. The number of fused-ring (bicyclic) bond motifs is 1. The molecule has 0 aromatic heterocycles. The Labute approximate surface area is 103 Å². The third-order valence-electron chi connectivity index (χ3n) is 2.33. The van der Waals surface area contributed by atoms with Crippen molar-refractivity contribution in [2.24, 2.45) is 0 Å². The van der Waals surface area contributed by atoms with Gasteiger partial charge in [0.25, 0.3) is 0 Å². The molecule has 0 saturated heterocycles. The molecule has 0 aliphatic carbocycles. The van der Waals surface area contributed by atoms with Gasteiger partial charge in [-0.1, -0.05) is 17.4 Å². The first-order valence-corrected chi connectivity index (χ1v) is 5.51. The minimum atomic E-state index is -0.635. The van der Waals surface area contributed by atoms with Crippen molar-refractivity contribution < 1.29 is 19.4 Å². The fourth-order valence-electron chi connectivity index (χ4n) is 1.62. The Hall–Kier alpha value is -1.68. The van der Waals surface area contributed by atoms with Gasteiger partial charge in [-0.15, -0.1) is 0 Å². The SMILES string of the molecule is CCOC(=O)C1=C([O-])COc2ccc(Cl)cc21. The van der Waals surface area contributed by atoms with Crippen molar-refractivity contribution in [2.75, 3.05) is 13.2 Å². The standard InChI is InChI=1S/C12H11ClO4/c1-2-16-12(15)11-8-5-7(13)3-4-10(8)17-6-9(11)14/h3-5,14H,2,6H2,1H3/p-1. The second-order valence-corrected chi connectivity index (χ2v) is 3.88. The monoisotopic (exact) mass is 253 g/mol. The Morgan fingerprint density at radius 1 is 1.59 bits per heavy atom. The van der Waals surface area contributed by atoms with Gasteiger partial charge in [0.2, 0.25) is 0 Å². The maximum atomic E-state index is 11.7. The van der Waals surface area contributed by atoms with Gasteiger partial charge in [-0.05, 0) is 25.1 Å². The predicted molar refractivity (Wildman–Crippen MR) is 60.5 cm³/mol. The first-order valence-electron chi connectivity index (χ1n) is 5.13. The molecule has 4 nitrogen and oxygen atoms in total. The second-order valence-electron chi connectivity index (χ2n) is 3.45. The van der Waals surface area contributed by atoms with Gasteiger partial charge < -0.3 is 14.6 Å². The van der Waals surface area contributed by atoms with Crippen LogP contribution in [0.5, 0.6) is 5.75 Å². The molecule has 0 bridgehead atoms. The highest BCUT2D eigenvalue weighted by molar-refractivity contribution is 6.31. The number of hydrogen-bond donors (Lipinski definition) is 0. The summed E-state index contributed by atoms with van der Waals surface area (Å²) >= 11 is 5.84. The van der Waals surface area contributed by atoms with Crippen molar-refractivity contribution in [1.29, 1.82) is 0 Å². The molecular formula is C12H10ClO4-. The zero-order valence-electron chi connectivity index (χ0n) is 9.16. The Morgan fingerprint density at radius 2 is 2.35 bits per heavy atom. The van der Waals surface area contributed by atoms with E-state index in [1.807, 2.05) is 0 Å². The van der Waals surface area contributed by atoms with Crippen LogP contribution < -0.4 is 9.84 Å². The number of ether oxygens (including phenoxy) is 2. The Kier molecular flexibility index (Phi) is 3.24. The average molecular weight is 254 g/mol. The van der Waals surface area contributed by atoms with Crippen LogP contribution in [0.15, 0.2) is 24.0 Å². The van der Waals surface area contributed by atoms with Crippen LogP contribution >= 0.6 is 11.6 Å². The topological polar surface area (TPSA) is 58.6 Å². The Balaban J connectivity index is 2.50. The first kappa shape index (κ1) is 11.8. The first-order chi connectivity index (χ1) is 8.13. The van der Waals surface area contributed by atoms with E-state index in [4.69, 9.17) is 21.1 Å². The van der Waals surface area contributed by atoms with Crippen LogP contribution in [-0.2, 0) is 9.53 Å². The Morgan fingerprint density at radius 3 is 3.06 bits per heavy atom. The number of carbonyl (C=O) groups excluding carboxylic acids is 1. The Bertz CT molecular complexity index is 493. The summed E-state index contributed by atoms with van der Waals surface area (Å²) in [6.07, 6.45) is 0. The number of carbonyl (C=O) groups is 1. The number of esters is 1. The molecule has 1 aromatic rings. The molecule has 17 heavy (non-hydrogen) atoms. The van der Waals surface area contributed by atoms with Gasteiger partial charge in [0.1, 0.15) is 12.4 Å². The van der Waals surface area contributed by atoms with Crippen molar-refractivity contribution in [2.45, 2.75) is 6.92 Å². The predicted octanol–water partition coefficient (Wildman–Crippen LogP) is 1.37. The van der Waals surface area contributed by atoms with E-state index in [0.29, 0.717) is 16.3 Å². The summed E-state index contributed by atoms with van der Waals surface area (Å²) in [6, 6.07) is 4.79. The summed E-state index contributed by atoms with van der Waals surface area (Å²) in [4.78, 5) is 11.7. The molecule has 0 fully saturated rings. The fraction of sp³-hybridized carbons (Fsp3) is 0.250. The molecule has 1 aliphatic rings. The fourth-order valence-corrected chi connectivity index (χ4v) is 1.79. The molecule has 0 N–H and O–H groups in total. The summed E-state index contributed by atoms with van der Waals surface area (Å²) in [6.45, 7) is 1.75. The van der Waals surface area contributed by atoms with E-state index in [1.54, 1.807) is 19.1 Å². The molecule has 90 valence electrons. The number of benzene rings is 1. The van der Waals surface area contributed by atoms with E-state index in [0.717, 1.165) is 0 Å². The maximum Gasteiger partial charge on any atom is 0.338 e. The second kappa shape index (κ2) is 4.67. The van der Waals surface area contributed by atoms with Crippen LogP contribution in [0.25, 0.3) is 5.57 Å². The normalized spacial score (nSPS) is 14.0. The molecular weight excluding hydrogens is 244 g/mol. The van der Waals surface area contributed by atoms with E-state index in [9.17, 15) is 9.90 Å². The summed E-state index contributed by atoms with van der Waals surface area (Å²) in [5, 5.41) is 12.1. The van der Waals surface area contributed by atoms with Crippen molar-refractivity contribution in [3.8, 4) is 5.75 Å². The van der Waals surface area contributed by atoms with Crippen molar-refractivity contribution in [3.05, 3.63) is 34.5 Å². The average Bonchev–Trinajstić information content (AvgIpc) is 2.28. The zero-order chi connectivity index (χ0) is 12.4. The lowest BCUT2D eigenvalue weighted by molar-refractivity contribution is -0.308. The van der Waals surface area contributed by atoms with E-state index in [2.05, 4.69) is 0 Å². The number of hydrogen-bond acceptors (Lipinski definition) is 4. The third kappa shape index (κ3) is 2.22. The smallest absolute Gasteiger partial charge is 0.338 e. The molecule has 1 heterocycles. The molecule has 0 atom stereocenters. The van der Waals surface area contributed by atoms with Crippen LogP contribution in [0.2, 0.25) is 5.02 Å². The number of rotatable bonds is 2. The van der Waals surface area contributed by atoms with Crippen LogP contribution in [0.4, 0.5) is 0 Å². The summed E-state index contributed by atoms with van der Waals surface area (Å²) < 4.78 is 10.1. The molecule has 0 saturated carbocycles. The largest absolute Gasteiger partial charge is 0.873 e. The summed E-state index contributed by atoms with van der Waals surface area (Å²) in [5.74, 6) is -0.556. The van der Waals surface area contributed by atoms with Gasteiger partial charge in [0.05, 0.1) is 12.2 Å². The van der Waals surface area contributed by atoms with Crippen LogP contribution in [0.3, 0.4) is 0 Å². The van der Waals surface area contributed by atoms with Gasteiger partial charge in [-0.2, -0.15) is 0 Å². The summed E-state index contributed by atoms with van der Waals surface area (Å²) in [7, 11) is 0. The van der Waals surface area contributed by atoms with Crippen molar-refractivity contribution in [3.63, 3.8) is 0 Å². The molecule has 0 unspecified atom stereocenters. The minimum absolute atomic E-state index is 0.00981. The van der Waals surface area contributed by atoms with Gasteiger partial charge in [0.15, 0.2) is 0 Å². The van der Waals surface area contributed by atoms with Crippen molar-refractivity contribution >= 4 is 23.1 Å². The molecule has 1 aromatic carbocycles. The zero-order valence-corrected chi connectivity index (χ0v) is 9.91. The van der Waals surface area contributed by atoms with Gasteiger partial charge in [0, 0.05) is 10.6 Å². The molecule has 2 rings (SSSR count). The maximum absolute atomic E-state index is 11.7. The van der Waals surface area contributed by atoms with Gasteiger partial charge in [-0.25, -0.2) is 4.79 Å². The highest BCUT2D eigenvalue weighted by atomic mass is 35.5. The highest BCUT2D eigenvalue weighted by Crippen LogP contribution is 2.34. The lowest BCUT2D eigenvalue weighted by Crippen LogP contribution is -2.24. The van der Waals surface area contributed by atoms with Crippen LogP contribution in [0.1, 0.15) is 12.5 Å². The van der Waals surface area contributed by atoms with Crippen molar-refractivity contribution in [1.82, 2.24) is 0 Å². The van der Waals surface area contributed by atoms with E-state index in [1.165, 1.54) is 6.07 Å². The van der Waals surface area contributed by atoms with Crippen LogP contribution in [0, 0.1) is 0 Å². The minimum Gasteiger partial charge on any atom is -0.873 e. The lowest BCUT2D eigenvalue weighted by atomic mass is 10.0. The van der Waals surface area contributed by atoms with E-state index >= 15 is 0 Å². The molecule has 0 amide bonds. The quantitative estimate of drug-likeness (QED) is 0.747. The third-order valence-corrected chi connectivity index (χ3v) is 2.56. The van der Waals surface area contributed by atoms with E-state index < -0.39 is 11.7 Å². The molecule has 1 aliphatic heterocycles. The summed E-state index contributed by atoms with van der Waals surface area (Å²) in [5.41, 5.74) is 0.405. The number of halogens is 1. The highest BCUT2D eigenvalue weighted by Gasteiger charge is 2.22. The lowest BCUT2D eigenvalue weighted by Gasteiger charge is -2.26. The van der Waals surface area contributed by atoms with Gasteiger partial charge in [-0.3, -0.25) is 0 Å². The van der Waals surface area contributed by atoms with E-state index in [-0.39, 0.29) is 18.8 Å².